The van der Waals surface area contributed by atoms with E-state index in [9.17, 15) is 4.79 Å². The molecule has 2 aromatic rings. The van der Waals surface area contributed by atoms with Gasteiger partial charge in [-0.3, -0.25) is 0 Å². The molecule has 6 nitrogen and oxygen atoms in total. The van der Waals surface area contributed by atoms with Crippen molar-refractivity contribution in [1.82, 2.24) is 5.32 Å². The highest BCUT2D eigenvalue weighted by molar-refractivity contribution is 5.90. The number of carbonyl (C=O) groups is 1. The first-order chi connectivity index (χ1) is 11.7. The van der Waals surface area contributed by atoms with E-state index in [1.807, 2.05) is 18.2 Å². The van der Waals surface area contributed by atoms with Crippen LogP contribution in [0.4, 0.5) is 16.2 Å². The normalized spacial score (nSPS) is 14.8. The highest BCUT2D eigenvalue weighted by Crippen LogP contribution is 2.28. The zero-order chi connectivity index (χ0) is 16.9. The second-order valence-electron chi connectivity index (χ2n) is 5.99. The average Bonchev–Trinajstić information content (AvgIpc) is 3.09. The van der Waals surface area contributed by atoms with E-state index in [0.29, 0.717) is 12.4 Å². The third-order valence-corrected chi connectivity index (χ3v) is 4.21. The Kier molecular flexibility index (Phi) is 5.05. The van der Waals surface area contributed by atoms with Gasteiger partial charge in [0, 0.05) is 32.1 Å². The number of fused-ring (bicyclic) bond motifs is 1. The minimum Gasteiger partial charge on any atom is -0.467 e. The van der Waals surface area contributed by atoms with Crippen LogP contribution in [0.25, 0.3) is 0 Å². The minimum atomic E-state index is -0.325. The molecule has 24 heavy (non-hydrogen) atoms. The molecule has 1 atom stereocenters. The third-order valence-electron chi connectivity index (χ3n) is 4.21. The summed E-state index contributed by atoms with van der Waals surface area (Å²) in [7, 11) is 3.69. The van der Waals surface area contributed by atoms with Gasteiger partial charge in [-0.25, -0.2) is 4.79 Å². The number of methoxy groups -OCH3 is 1. The quantitative estimate of drug-likeness (QED) is 0.884. The van der Waals surface area contributed by atoms with Crippen molar-refractivity contribution in [2.24, 2.45) is 0 Å². The van der Waals surface area contributed by atoms with E-state index in [4.69, 9.17) is 9.15 Å². The summed E-state index contributed by atoms with van der Waals surface area (Å²) in [6.45, 7) is 1.41. The molecule has 0 saturated heterocycles. The number of ether oxygens (including phenoxy) is 1. The lowest BCUT2D eigenvalue weighted by atomic mass is 10.0. The van der Waals surface area contributed by atoms with Crippen LogP contribution < -0.4 is 15.5 Å². The number of nitrogens with one attached hydrogen (secondary N) is 2. The summed E-state index contributed by atoms with van der Waals surface area (Å²) >= 11 is 0. The second kappa shape index (κ2) is 7.40. The lowest BCUT2D eigenvalue weighted by molar-refractivity contribution is 0.159. The summed E-state index contributed by atoms with van der Waals surface area (Å²) in [6.07, 6.45) is 3.75. The van der Waals surface area contributed by atoms with Gasteiger partial charge >= 0.3 is 6.03 Å². The van der Waals surface area contributed by atoms with E-state index in [2.05, 4.69) is 28.6 Å². The van der Waals surface area contributed by atoms with Crippen molar-refractivity contribution in [2.45, 2.75) is 18.9 Å². The Balaban J connectivity index is 1.66. The van der Waals surface area contributed by atoms with Crippen molar-refractivity contribution in [2.75, 3.05) is 37.5 Å². The summed E-state index contributed by atoms with van der Waals surface area (Å²) < 4.78 is 10.5. The fourth-order valence-electron chi connectivity index (χ4n) is 3.04. The number of urea groups is 1. The molecule has 0 saturated carbocycles. The topological polar surface area (TPSA) is 66.7 Å². The smallest absolute Gasteiger partial charge is 0.319 e. The highest BCUT2D eigenvalue weighted by Gasteiger charge is 2.18. The zero-order valence-electron chi connectivity index (χ0n) is 14.0. The molecular formula is C18H23N3O3. The SMILES string of the molecule is COC[C@@H](NC(=O)Nc1ccc2c(c1)CCCN2C)c1ccco1. The molecule has 1 aromatic heterocycles. The summed E-state index contributed by atoms with van der Waals surface area (Å²) in [5.41, 5.74) is 3.29. The van der Waals surface area contributed by atoms with E-state index in [1.165, 1.54) is 11.3 Å². The van der Waals surface area contributed by atoms with Crippen LogP contribution in [0.2, 0.25) is 0 Å². The number of aryl methyl sites for hydroxylation is 1. The summed E-state index contributed by atoms with van der Waals surface area (Å²) in [5, 5.41) is 5.77. The molecule has 0 radical (unpaired) electrons. The number of hydrogen-bond donors (Lipinski definition) is 2. The van der Waals surface area contributed by atoms with E-state index in [1.54, 1.807) is 19.4 Å². The maximum Gasteiger partial charge on any atom is 0.319 e. The Bertz CT molecular complexity index is 685. The molecule has 0 spiro atoms. The van der Waals surface area contributed by atoms with E-state index in [0.717, 1.165) is 25.1 Å². The first kappa shape index (κ1) is 16.4. The molecule has 0 unspecified atom stereocenters. The first-order valence-electron chi connectivity index (χ1n) is 8.11. The van der Waals surface area contributed by atoms with Gasteiger partial charge in [0.25, 0.3) is 0 Å². The molecule has 128 valence electrons. The van der Waals surface area contributed by atoms with E-state index in [-0.39, 0.29) is 12.1 Å². The van der Waals surface area contributed by atoms with Gasteiger partial charge in [0.1, 0.15) is 11.8 Å². The van der Waals surface area contributed by atoms with Crippen LogP contribution in [-0.2, 0) is 11.2 Å². The average molecular weight is 329 g/mol. The predicted octanol–water partition coefficient (Wildman–Crippen LogP) is 3.17. The van der Waals surface area contributed by atoms with Crippen LogP contribution >= 0.6 is 0 Å². The minimum absolute atomic E-state index is 0.280. The predicted molar refractivity (Wildman–Crippen MR) is 93.5 cm³/mol. The number of hydrogen-bond acceptors (Lipinski definition) is 4. The summed E-state index contributed by atoms with van der Waals surface area (Å²) in [4.78, 5) is 14.5. The number of carbonyl (C=O) groups excluding carboxylic acids is 1. The molecule has 0 fully saturated rings. The number of furan rings is 1. The van der Waals surface area contributed by atoms with Gasteiger partial charge in [-0.1, -0.05) is 0 Å². The van der Waals surface area contributed by atoms with Crippen LogP contribution in [0.15, 0.2) is 41.0 Å². The van der Waals surface area contributed by atoms with Crippen LogP contribution in [0.1, 0.15) is 23.8 Å². The number of benzene rings is 1. The van der Waals surface area contributed by atoms with Crippen molar-refractivity contribution in [3.8, 4) is 0 Å². The number of rotatable bonds is 5. The van der Waals surface area contributed by atoms with Gasteiger partial charge < -0.3 is 24.7 Å². The maximum absolute atomic E-state index is 12.3. The van der Waals surface area contributed by atoms with Crippen molar-refractivity contribution >= 4 is 17.4 Å². The van der Waals surface area contributed by atoms with Crippen LogP contribution in [-0.4, -0.2) is 33.3 Å². The van der Waals surface area contributed by atoms with Gasteiger partial charge in [0.15, 0.2) is 0 Å². The Morgan fingerprint density at radius 3 is 3.04 bits per heavy atom. The third kappa shape index (κ3) is 3.71. The lowest BCUT2D eigenvalue weighted by Gasteiger charge is -2.28. The van der Waals surface area contributed by atoms with Gasteiger partial charge in [0.2, 0.25) is 0 Å². The van der Waals surface area contributed by atoms with E-state index >= 15 is 0 Å². The van der Waals surface area contributed by atoms with Gasteiger partial charge in [-0.15, -0.1) is 0 Å². The molecule has 6 heteroatoms. The van der Waals surface area contributed by atoms with Crippen LogP contribution in [0.3, 0.4) is 0 Å². The highest BCUT2D eigenvalue weighted by atomic mass is 16.5. The fraction of sp³-hybridized carbons (Fsp3) is 0.389. The summed E-state index contributed by atoms with van der Waals surface area (Å²) in [5.74, 6) is 0.666. The maximum atomic E-state index is 12.3. The molecule has 3 rings (SSSR count). The molecule has 0 bridgehead atoms. The van der Waals surface area contributed by atoms with Gasteiger partial charge in [-0.2, -0.15) is 0 Å². The van der Waals surface area contributed by atoms with Crippen molar-refractivity contribution in [3.63, 3.8) is 0 Å². The summed E-state index contributed by atoms with van der Waals surface area (Å²) in [6, 6.07) is 9.03. The molecular weight excluding hydrogens is 306 g/mol. The number of nitrogens with zero attached hydrogens (tertiary/aromatic N) is 1. The van der Waals surface area contributed by atoms with Crippen LogP contribution in [0, 0.1) is 0 Å². The largest absolute Gasteiger partial charge is 0.467 e. The molecule has 1 aliphatic rings. The van der Waals surface area contributed by atoms with E-state index < -0.39 is 0 Å². The van der Waals surface area contributed by atoms with Crippen molar-refractivity contribution in [1.29, 1.82) is 0 Å². The lowest BCUT2D eigenvalue weighted by Crippen LogP contribution is -2.34. The Morgan fingerprint density at radius 1 is 1.42 bits per heavy atom. The molecule has 2 N–H and O–H groups in total. The Labute approximate surface area is 141 Å². The molecule has 2 heterocycles. The van der Waals surface area contributed by atoms with Crippen molar-refractivity contribution < 1.29 is 13.9 Å². The standard InChI is InChI=1S/C18H23N3O3/c1-21-9-3-5-13-11-14(7-8-16(13)21)19-18(22)20-15(12-23-2)17-6-4-10-24-17/h4,6-8,10-11,15H,3,5,9,12H2,1-2H3,(H2,19,20,22)/t15-/m1/s1. The fourth-order valence-corrected chi connectivity index (χ4v) is 3.04. The number of amides is 2. The second-order valence-corrected chi connectivity index (χ2v) is 5.99. The van der Waals surface area contributed by atoms with Crippen LogP contribution in [0.5, 0.6) is 0 Å². The molecule has 0 aliphatic carbocycles. The number of anilines is 2. The molecule has 2 amide bonds. The van der Waals surface area contributed by atoms with Gasteiger partial charge in [-0.05, 0) is 48.7 Å². The van der Waals surface area contributed by atoms with Gasteiger partial charge in [0.05, 0.1) is 12.9 Å². The van der Waals surface area contributed by atoms with Crippen molar-refractivity contribution in [3.05, 3.63) is 47.9 Å². The Morgan fingerprint density at radius 2 is 2.29 bits per heavy atom. The molecule has 1 aromatic carbocycles. The zero-order valence-corrected chi connectivity index (χ0v) is 14.0. The molecule has 1 aliphatic heterocycles. The monoisotopic (exact) mass is 329 g/mol. The Hall–Kier alpha value is -2.47. The first-order valence-corrected chi connectivity index (χ1v) is 8.11.